The molecule has 1 saturated carbocycles. The second-order valence-electron chi connectivity index (χ2n) is 5.52. The fourth-order valence-electron chi connectivity index (χ4n) is 2.79. The first-order valence-electron chi connectivity index (χ1n) is 6.66. The van der Waals surface area contributed by atoms with Crippen molar-refractivity contribution in [3.8, 4) is 0 Å². The van der Waals surface area contributed by atoms with Gasteiger partial charge < -0.3 is 10.4 Å². The van der Waals surface area contributed by atoms with E-state index >= 15 is 0 Å². The molecule has 0 bridgehead atoms. The summed E-state index contributed by atoms with van der Waals surface area (Å²) < 4.78 is 1.37. The van der Waals surface area contributed by atoms with Gasteiger partial charge in [-0.15, -0.1) is 14.8 Å². The van der Waals surface area contributed by atoms with Crippen LogP contribution in [0.5, 0.6) is 0 Å². The van der Waals surface area contributed by atoms with Gasteiger partial charge in [0.05, 0.1) is 5.60 Å². The van der Waals surface area contributed by atoms with Gasteiger partial charge in [-0.25, -0.2) is 0 Å². The fourth-order valence-corrected chi connectivity index (χ4v) is 2.79. The van der Waals surface area contributed by atoms with Crippen molar-refractivity contribution in [2.75, 3.05) is 11.9 Å². The molecule has 2 N–H and O–H groups in total. The van der Waals surface area contributed by atoms with Crippen LogP contribution in [0.15, 0.2) is 12.1 Å². The van der Waals surface area contributed by atoms with Crippen LogP contribution in [0, 0.1) is 5.92 Å². The molecule has 1 aliphatic carbocycles. The molecule has 1 aliphatic rings. The molecule has 0 aromatic carbocycles. The Labute approximate surface area is 111 Å². The lowest BCUT2D eigenvalue weighted by molar-refractivity contribution is -0.000843. The summed E-state index contributed by atoms with van der Waals surface area (Å²) in [6, 6.07) is 3.62. The summed E-state index contributed by atoms with van der Waals surface area (Å²) in [7, 11) is 0. The van der Waals surface area contributed by atoms with Crippen molar-refractivity contribution in [2.45, 2.75) is 38.2 Å². The number of anilines is 1. The van der Waals surface area contributed by atoms with Gasteiger partial charge in [0.25, 0.3) is 0 Å². The van der Waals surface area contributed by atoms with Crippen LogP contribution in [-0.4, -0.2) is 42.5 Å². The molecule has 2 aromatic heterocycles. The van der Waals surface area contributed by atoms with Gasteiger partial charge in [-0.3, -0.25) is 0 Å². The number of hydrogen-bond donors (Lipinski definition) is 2. The molecule has 0 aliphatic heterocycles. The molecular formula is C12H18N6O. The van der Waals surface area contributed by atoms with Gasteiger partial charge in [0, 0.05) is 6.54 Å². The topological polar surface area (TPSA) is 88.2 Å². The molecule has 2 heterocycles. The summed E-state index contributed by atoms with van der Waals surface area (Å²) in [6.45, 7) is 2.70. The average molecular weight is 262 g/mol. The van der Waals surface area contributed by atoms with Gasteiger partial charge in [0.1, 0.15) is 5.82 Å². The molecule has 19 heavy (non-hydrogen) atoms. The minimum Gasteiger partial charge on any atom is -0.388 e. The Balaban J connectivity index is 1.67. The van der Waals surface area contributed by atoms with Gasteiger partial charge in [0.15, 0.2) is 5.65 Å². The van der Waals surface area contributed by atoms with E-state index in [0.717, 1.165) is 19.3 Å². The molecule has 7 nitrogen and oxygen atoms in total. The van der Waals surface area contributed by atoms with E-state index in [1.807, 2.05) is 6.07 Å². The van der Waals surface area contributed by atoms with E-state index in [4.69, 9.17) is 0 Å². The van der Waals surface area contributed by atoms with Gasteiger partial charge in [-0.05, 0) is 41.3 Å². The highest BCUT2D eigenvalue weighted by atomic mass is 16.3. The monoisotopic (exact) mass is 262 g/mol. The van der Waals surface area contributed by atoms with Crippen molar-refractivity contribution in [3.63, 3.8) is 0 Å². The Kier molecular flexibility index (Phi) is 3.06. The molecule has 0 spiro atoms. The summed E-state index contributed by atoms with van der Waals surface area (Å²) in [5.41, 5.74) is -0.0230. The third-order valence-corrected chi connectivity index (χ3v) is 3.74. The van der Waals surface area contributed by atoms with Gasteiger partial charge in [-0.1, -0.05) is 19.8 Å². The average Bonchev–Trinajstić information content (AvgIpc) is 2.83. The molecule has 0 radical (unpaired) electrons. The van der Waals surface area contributed by atoms with E-state index in [2.05, 4.69) is 32.9 Å². The Morgan fingerprint density at radius 3 is 3.26 bits per heavy atom. The van der Waals surface area contributed by atoms with Crippen LogP contribution in [0.1, 0.15) is 32.6 Å². The van der Waals surface area contributed by atoms with Gasteiger partial charge in [-0.2, -0.15) is 0 Å². The zero-order valence-electron chi connectivity index (χ0n) is 11.0. The lowest BCUT2D eigenvalue weighted by atomic mass is 9.79. The smallest absolute Gasteiger partial charge is 0.200 e. The van der Waals surface area contributed by atoms with Gasteiger partial charge >= 0.3 is 0 Å². The van der Waals surface area contributed by atoms with E-state index in [9.17, 15) is 5.11 Å². The molecule has 0 amide bonds. The van der Waals surface area contributed by atoms with Crippen molar-refractivity contribution in [1.29, 1.82) is 0 Å². The van der Waals surface area contributed by atoms with Crippen molar-refractivity contribution in [1.82, 2.24) is 25.3 Å². The summed E-state index contributed by atoms with van der Waals surface area (Å²) in [5, 5.41) is 29.0. The first-order valence-corrected chi connectivity index (χ1v) is 6.66. The highest BCUT2D eigenvalue weighted by Crippen LogP contribution is 2.32. The molecule has 0 saturated heterocycles. The number of fused-ring (bicyclic) bond motifs is 1. The van der Waals surface area contributed by atoms with E-state index in [-0.39, 0.29) is 0 Å². The van der Waals surface area contributed by atoms with Crippen LogP contribution in [0.2, 0.25) is 0 Å². The van der Waals surface area contributed by atoms with Crippen LogP contribution < -0.4 is 5.32 Å². The number of aliphatic hydroxyl groups is 1. The highest BCUT2D eigenvalue weighted by molar-refractivity contribution is 5.42. The zero-order chi connectivity index (χ0) is 13.3. The number of rotatable bonds is 3. The summed E-state index contributed by atoms with van der Waals surface area (Å²) in [4.78, 5) is 0. The minimum absolute atomic E-state index is 0.512. The second-order valence-corrected chi connectivity index (χ2v) is 5.52. The van der Waals surface area contributed by atoms with Crippen LogP contribution in [-0.2, 0) is 0 Å². The van der Waals surface area contributed by atoms with Gasteiger partial charge in [0.2, 0.25) is 0 Å². The fraction of sp³-hybridized carbons (Fsp3) is 0.667. The van der Waals surface area contributed by atoms with Crippen LogP contribution in [0.4, 0.5) is 5.82 Å². The van der Waals surface area contributed by atoms with Crippen LogP contribution in [0.3, 0.4) is 0 Å². The molecule has 102 valence electrons. The van der Waals surface area contributed by atoms with Crippen molar-refractivity contribution < 1.29 is 5.11 Å². The number of nitrogens with zero attached hydrogens (tertiary/aromatic N) is 5. The maximum Gasteiger partial charge on any atom is 0.200 e. The third-order valence-electron chi connectivity index (χ3n) is 3.74. The Bertz CT molecular complexity index is 570. The lowest BCUT2D eigenvalue weighted by Gasteiger charge is -2.35. The van der Waals surface area contributed by atoms with Crippen molar-refractivity contribution in [3.05, 3.63) is 12.1 Å². The van der Waals surface area contributed by atoms with Crippen LogP contribution >= 0.6 is 0 Å². The summed E-state index contributed by atoms with van der Waals surface area (Å²) in [5.74, 6) is 1.25. The minimum atomic E-state index is -0.630. The molecular weight excluding hydrogens is 244 g/mol. The zero-order valence-corrected chi connectivity index (χ0v) is 11.0. The van der Waals surface area contributed by atoms with Crippen LogP contribution in [0.25, 0.3) is 5.65 Å². The largest absolute Gasteiger partial charge is 0.388 e. The quantitative estimate of drug-likeness (QED) is 0.853. The molecule has 2 unspecified atom stereocenters. The predicted octanol–water partition coefficient (Wildman–Crippen LogP) is 0.872. The molecule has 1 fully saturated rings. The number of aromatic nitrogens is 5. The lowest BCUT2D eigenvalue weighted by Crippen LogP contribution is -2.41. The number of hydrogen-bond acceptors (Lipinski definition) is 6. The molecule has 2 aromatic rings. The maximum atomic E-state index is 10.5. The number of tetrazole rings is 1. The Morgan fingerprint density at radius 2 is 2.42 bits per heavy atom. The standard InChI is InChI=1S/C12H18N6O/c1-9-3-2-6-12(19,7-9)8-13-10-4-5-11-14-16-17-18(11)15-10/h4-5,9,19H,2-3,6-8H2,1H3,(H,13,15). The Morgan fingerprint density at radius 1 is 1.53 bits per heavy atom. The predicted molar refractivity (Wildman–Crippen MR) is 69.6 cm³/mol. The summed E-state index contributed by atoms with van der Waals surface area (Å²) in [6.07, 6.45) is 3.97. The number of nitrogens with one attached hydrogen (secondary N) is 1. The Hall–Kier alpha value is -1.76. The summed E-state index contributed by atoms with van der Waals surface area (Å²) >= 11 is 0. The third kappa shape index (κ3) is 2.65. The van der Waals surface area contributed by atoms with Crippen molar-refractivity contribution in [2.24, 2.45) is 5.92 Å². The van der Waals surface area contributed by atoms with E-state index in [1.54, 1.807) is 6.07 Å². The van der Waals surface area contributed by atoms with E-state index in [1.165, 1.54) is 11.1 Å². The molecule has 2 atom stereocenters. The van der Waals surface area contributed by atoms with E-state index < -0.39 is 5.60 Å². The van der Waals surface area contributed by atoms with E-state index in [0.29, 0.717) is 23.9 Å². The first-order chi connectivity index (χ1) is 9.15. The molecule has 3 rings (SSSR count). The van der Waals surface area contributed by atoms with Crippen molar-refractivity contribution >= 4 is 11.5 Å². The SMILES string of the molecule is CC1CCCC(O)(CNc2ccc3nnnn3n2)C1. The second kappa shape index (κ2) is 4.73. The first kappa shape index (κ1) is 12.3. The normalized spacial score (nSPS) is 27.6. The highest BCUT2D eigenvalue weighted by Gasteiger charge is 2.32. The molecule has 7 heteroatoms. The maximum absolute atomic E-state index is 10.5.